The summed E-state index contributed by atoms with van der Waals surface area (Å²) in [6.07, 6.45) is 7.80. The summed E-state index contributed by atoms with van der Waals surface area (Å²) >= 11 is 3.98. The minimum atomic E-state index is -2.15. The molecule has 0 saturated carbocycles. The standard InChI is InChI=1S/C19H34N6O8.C15H20N3O3PS.C8H14N2O.2Pb/c26-11-20-5-3-1-2-4-6-21-16(27)7-22-12-23(8-17(28)29)14-25(10-19(32)33)15-24(13-22)9-18(30)31;16-8-12(17)10-21-13-5-3-11(4-6-13)15(22(19)20)18-9-14-2-1-7-23-14;1-9(2)7-8(11)10-5-3-4-6-10;;/h11H,1-10,12-15H2,(H,20,26)(H,21,27)(H,28,29)(H,30,31)(H,32,33);1-8,15,18-20H,9-10,16-17H2;1-7H2;;/b;12-8-;;;. The van der Waals surface area contributed by atoms with Gasteiger partial charge in [0.15, 0.2) is 8.38 Å². The number of hydrogen-bond donors (Lipinski definition) is 10. The Hall–Kier alpha value is -3.17. The first-order chi connectivity index (χ1) is 33.1. The van der Waals surface area contributed by atoms with Gasteiger partial charge in [0.1, 0.15) is 18.1 Å². The largest absolute Gasteiger partial charge is 0.480 e. The van der Waals surface area contributed by atoms with Crippen LogP contribution in [0.25, 0.3) is 0 Å². The van der Waals surface area contributed by atoms with E-state index in [4.69, 9.17) is 21.3 Å². The Balaban J connectivity index is 0.000000390. The van der Waals surface area contributed by atoms with Crippen molar-refractivity contribution in [1.82, 2.24) is 45.3 Å². The molecule has 12 N–H and O–H groups in total. The van der Waals surface area contributed by atoms with Crippen molar-refractivity contribution in [1.29, 1.82) is 0 Å². The molecule has 2 aromatic rings. The number of unbranched alkanes of at least 4 members (excludes halogenated alkanes) is 3. The van der Waals surface area contributed by atoms with Gasteiger partial charge in [-0.05, 0) is 42.0 Å². The third-order valence-corrected chi connectivity index (χ3v) is 15.4. The van der Waals surface area contributed by atoms with Gasteiger partial charge < -0.3 is 51.9 Å². The number of hydrogen-bond acceptors (Lipinski definition) is 18. The monoisotopic (exact) mass is 1400 g/mol. The second-order valence-corrected chi connectivity index (χ2v) is 20.6. The molecule has 0 aliphatic carbocycles. The fourth-order valence-electron chi connectivity index (χ4n) is 6.87. The summed E-state index contributed by atoms with van der Waals surface area (Å²) in [7, 11) is -2.15. The van der Waals surface area contributed by atoms with Gasteiger partial charge in [-0.15, -0.1) is 11.3 Å². The summed E-state index contributed by atoms with van der Waals surface area (Å²) < 4.78 is 7.74. The number of nitrogens with one attached hydrogen (secondary N) is 3. The number of likely N-dealkylation sites (tertiary alicyclic amines) is 1. The fraction of sp³-hybridized carbons (Fsp3) is 0.571. The van der Waals surface area contributed by atoms with Crippen LogP contribution < -0.4 is 32.2 Å². The number of amides is 3. The smallest absolute Gasteiger partial charge is 0.317 e. The number of nitrogens with two attached hydrogens (primary N) is 2. The molecule has 0 spiro atoms. The molecule has 1 atom stereocenters. The molecule has 6 radical (unpaired) electrons. The maximum Gasteiger partial charge on any atom is 0.317 e. The minimum Gasteiger partial charge on any atom is -0.480 e. The van der Waals surface area contributed by atoms with Crippen LogP contribution in [0.15, 0.2) is 53.7 Å². The minimum absolute atomic E-state index is 0.00814. The Morgan fingerprint density at radius 3 is 1.81 bits per heavy atom. The first kappa shape index (κ1) is 62.0. The van der Waals surface area contributed by atoms with Crippen LogP contribution >= 0.6 is 19.7 Å². The van der Waals surface area contributed by atoms with Gasteiger partial charge in [0.2, 0.25) is 12.3 Å². The first-order valence-electron chi connectivity index (χ1n) is 22.2. The van der Waals surface area contributed by atoms with Crippen molar-refractivity contribution >= 4 is 107 Å². The van der Waals surface area contributed by atoms with Gasteiger partial charge in [-0.2, -0.15) is 0 Å². The Morgan fingerprint density at radius 2 is 1.35 bits per heavy atom. The van der Waals surface area contributed by atoms with E-state index < -0.39 is 32.1 Å². The van der Waals surface area contributed by atoms with Crippen molar-refractivity contribution in [3.8, 4) is 5.75 Å². The molecule has 2 fully saturated rings. The number of carbonyl (C=O) groups is 6. The zero-order valence-electron chi connectivity index (χ0n) is 38.8. The summed E-state index contributed by atoms with van der Waals surface area (Å²) in [4.78, 5) is 98.7. The molecular formula is C42H68N11O12PPb2S. The second-order valence-electron chi connectivity index (χ2n) is 15.9. The summed E-state index contributed by atoms with van der Waals surface area (Å²) in [6.45, 7) is 3.48. The molecule has 27 heteroatoms. The molecule has 0 bridgehead atoms. The Morgan fingerprint density at radius 1 is 0.812 bits per heavy atom. The average Bonchev–Trinajstić information content (AvgIpc) is 4.04. The van der Waals surface area contributed by atoms with E-state index in [1.165, 1.54) is 85.3 Å². The van der Waals surface area contributed by atoms with Crippen molar-refractivity contribution in [2.45, 2.75) is 50.9 Å². The third kappa shape index (κ3) is 28.5. The average molecular weight is 1400 g/mol. The van der Waals surface area contributed by atoms with Crippen LogP contribution in [0.1, 0.15) is 54.7 Å². The molecule has 69 heavy (non-hydrogen) atoms. The van der Waals surface area contributed by atoms with Gasteiger partial charge in [0.05, 0.1) is 58.6 Å². The Kier molecular flexibility index (Phi) is 33.0. The van der Waals surface area contributed by atoms with E-state index in [1.54, 1.807) is 40.5 Å². The van der Waals surface area contributed by atoms with Crippen molar-refractivity contribution in [2.24, 2.45) is 11.5 Å². The summed E-state index contributed by atoms with van der Waals surface area (Å²) in [6, 6.07) is 11.1. The van der Waals surface area contributed by atoms with Gasteiger partial charge in [0.25, 0.3) is 0 Å². The summed E-state index contributed by atoms with van der Waals surface area (Å²) in [5, 5.41) is 38.0. The fourth-order valence-corrected chi connectivity index (χ4v) is 13.3. The van der Waals surface area contributed by atoms with E-state index in [0.717, 1.165) is 57.4 Å². The molecule has 4 rings (SSSR count). The van der Waals surface area contributed by atoms with Crippen LogP contribution in [0.3, 0.4) is 0 Å². The number of carboxylic acids is 3. The Labute approximate surface area is 440 Å². The maximum atomic E-state index is 12.4. The number of rotatable bonds is 28. The van der Waals surface area contributed by atoms with E-state index in [-0.39, 0.29) is 65.4 Å². The molecular weight excluding hydrogens is 1330 g/mol. The van der Waals surface area contributed by atoms with Gasteiger partial charge in [-0.3, -0.25) is 48.9 Å². The topological polar surface area (TPSA) is 320 Å². The van der Waals surface area contributed by atoms with E-state index in [0.29, 0.717) is 49.9 Å². The normalized spacial score (nSPS) is 15.5. The van der Waals surface area contributed by atoms with Crippen LogP contribution in [0.2, 0.25) is 0 Å². The van der Waals surface area contributed by atoms with Crippen LogP contribution in [0, 0.1) is 0 Å². The number of carbonyl (C=O) groups excluding carboxylic acids is 3. The molecule has 3 heterocycles. The van der Waals surface area contributed by atoms with Crippen molar-refractivity contribution < 1.29 is 58.6 Å². The van der Waals surface area contributed by atoms with Gasteiger partial charge in [-0.25, -0.2) is 0 Å². The van der Waals surface area contributed by atoms with Crippen LogP contribution in [0.4, 0.5) is 0 Å². The molecule has 2 saturated heterocycles. The molecule has 382 valence electrons. The van der Waals surface area contributed by atoms with Crippen LogP contribution in [0.5, 0.6) is 5.75 Å². The van der Waals surface area contributed by atoms with Gasteiger partial charge in [-0.1, -0.05) is 31.0 Å². The molecule has 1 aromatic carbocycles. The molecule has 3 amide bonds. The maximum absolute atomic E-state index is 12.4. The number of carboxylic acid groups (broad SMARTS) is 3. The van der Waals surface area contributed by atoms with Gasteiger partial charge in [0, 0.05) is 30.7 Å². The van der Waals surface area contributed by atoms with E-state index in [2.05, 4.69) is 20.9 Å². The predicted molar refractivity (Wildman–Crippen MR) is 262 cm³/mol. The zero-order chi connectivity index (χ0) is 51.0. The molecule has 2 aliphatic rings. The second kappa shape index (κ2) is 36.7. The van der Waals surface area contributed by atoms with E-state index in [1.807, 2.05) is 22.4 Å². The SMILES string of the molecule is N/C=C(\N)COc1ccc(C(NCc2cccs2)P(O)O)cc1.O=C(CN([CH2][Pb])[CH2][Pb])N1CCCC1.O=CNCCCCCCNC(=O)CN1CN(CC(=O)O)CN(CC(=O)O)CN(CC(=O)O)C1. The van der Waals surface area contributed by atoms with Gasteiger partial charge >= 0.3 is 131 Å². The first-order valence-corrected chi connectivity index (χ1v) is 29.9. The predicted octanol–water partition coefficient (Wildman–Crippen LogP) is -1.15. The van der Waals surface area contributed by atoms with E-state index >= 15 is 0 Å². The molecule has 2 aliphatic heterocycles. The van der Waals surface area contributed by atoms with Crippen LogP contribution in [-0.4, -0.2) is 243 Å². The number of nitrogens with zero attached hydrogens (tertiary/aromatic N) is 6. The number of ether oxygens (including phenoxy) is 1. The summed E-state index contributed by atoms with van der Waals surface area (Å²) in [5.74, 6) is -3.11. The van der Waals surface area contributed by atoms with E-state index in [9.17, 15) is 48.8 Å². The Bertz CT molecular complexity index is 1810. The van der Waals surface area contributed by atoms with Crippen molar-refractivity contribution in [3.05, 3.63) is 64.1 Å². The molecule has 23 nitrogen and oxygen atoms in total. The number of aliphatic carboxylic acids is 3. The molecule has 1 unspecified atom stereocenters. The van der Waals surface area contributed by atoms with Crippen molar-refractivity contribution in [2.75, 3.05) is 100 Å². The van der Waals surface area contributed by atoms with Crippen molar-refractivity contribution in [3.63, 3.8) is 0 Å². The third-order valence-electron chi connectivity index (χ3n) is 10.1. The number of thiophene rings is 1. The van der Waals surface area contributed by atoms with Crippen LogP contribution in [-0.2, 0) is 35.3 Å². The quantitative estimate of drug-likeness (QED) is 0.0208. The summed E-state index contributed by atoms with van der Waals surface area (Å²) in [5.41, 5.74) is 12.1. The zero-order valence-corrected chi connectivity index (χ0v) is 48.3. The number of benzene rings is 1. The molecule has 1 aromatic heterocycles.